The van der Waals surface area contributed by atoms with E-state index in [0.717, 1.165) is 17.8 Å². The quantitative estimate of drug-likeness (QED) is 0.924. The normalized spacial score (nSPS) is 33.9. The molecule has 0 amide bonds. The second kappa shape index (κ2) is 5.29. The van der Waals surface area contributed by atoms with Gasteiger partial charge in [0.15, 0.2) is 0 Å². The lowest BCUT2D eigenvalue weighted by Gasteiger charge is -2.38. The minimum absolute atomic E-state index is 0.178. The van der Waals surface area contributed by atoms with Crippen molar-refractivity contribution in [3.63, 3.8) is 0 Å². The Hall–Kier alpha value is -1.06. The smallest absolute Gasteiger partial charge is 0.119 e. The summed E-state index contributed by atoms with van der Waals surface area (Å²) in [4.78, 5) is 2.58. The van der Waals surface area contributed by atoms with Crippen LogP contribution in [0.2, 0.25) is 0 Å². The minimum atomic E-state index is 0.178. The van der Waals surface area contributed by atoms with Gasteiger partial charge in [0.25, 0.3) is 0 Å². The number of rotatable bonds is 4. The van der Waals surface area contributed by atoms with Gasteiger partial charge >= 0.3 is 0 Å². The van der Waals surface area contributed by atoms with Crippen LogP contribution in [0.25, 0.3) is 0 Å². The van der Waals surface area contributed by atoms with E-state index in [1.165, 1.54) is 44.1 Å². The summed E-state index contributed by atoms with van der Waals surface area (Å²) in [6.07, 6.45) is 8.12. The maximum atomic E-state index is 6.57. The predicted octanol–water partition coefficient (Wildman–Crippen LogP) is 3.10. The number of piperidine rings is 1. The molecular weight excluding hydrogens is 260 g/mol. The van der Waals surface area contributed by atoms with Crippen LogP contribution in [-0.2, 0) is 0 Å². The first-order valence-corrected chi connectivity index (χ1v) is 8.45. The zero-order chi connectivity index (χ0) is 14.4. The molecule has 3 aliphatic rings. The van der Waals surface area contributed by atoms with Gasteiger partial charge in [-0.1, -0.05) is 12.1 Å². The second-order valence-electron chi connectivity index (χ2n) is 7.19. The molecule has 3 fully saturated rings. The third-order valence-electron chi connectivity index (χ3n) is 5.73. The van der Waals surface area contributed by atoms with Gasteiger partial charge in [-0.15, -0.1) is 0 Å². The zero-order valence-corrected chi connectivity index (χ0v) is 12.9. The summed E-state index contributed by atoms with van der Waals surface area (Å²) < 4.78 is 5.82. The van der Waals surface area contributed by atoms with E-state index in [0.29, 0.717) is 12.0 Å². The molecule has 3 atom stereocenters. The first-order valence-electron chi connectivity index (χ1n) is 8.45. The van der Waals surface area contributed by atoms with Crippen LogP contribution >= 0.6 is 0 Å². The molecule has 0 radical (unpaired) electrons. The number of ether oxygens (including phenoxy) is 1. The first kappa shape index (κ1) is 13.6. The summed E-state index contributed by atoms with van der Waals surface area (Å²) in [6, 6.07) is 10.2. The lowest BCUT2D eigenvalue weighted by Crippen LogP contribution is -2.42. The van der Waals surface area contributed by atoms with Gasteiger partial charge in [-0.25, -0.2) is 0 Å². The van der Waals surface area contributed by atoms with Crippen molar-refractivity contribution in [3.05, 3.63) is 29.8 Å². The molecule has 0 spiro atoms. The average Bonchev–Trinajstić information content (AvgIpc) is 3.28. The fourth-order valence-corrected chi connectivity index (χ4v) is 4.17. The molecule has 2 bridgehead atoms. The lowest BCUT2D eigenvalue weighted by atomic mass is 9.82. The van der Waals surface area contributed by atoms with Crippen LogP contribution in [0.5, 0.6) is 5.75 Å². The van der Waals surface area contributed by atoms with Crippen LogP contribution < -0.4 is 10.5 Å². The van der Waals surface area contributed by atoms with E-state index in [1.54, 1.807) is 0 Å². The van der Waals surface area contributed by atoms with Crippen LogP contribution in [0.3, 0.4) is 0 Å². The Morgan fingerprint density at radius 3 is 2.24 bits per heavy atom. The number of nitrogens with zero attached hydrogens (tertiary/aromatic N) is 1. The van der Waals surface area contributed by atoms with Gasteiger partial charge in [0.2, 0.25) is 0 Å². The molecule has 1 aromatic carbocycles. The molecule has 1 saturated carbocycles. The molecule has 21 heavy (non-hydrogen) atoms. The molecule has 2 heterocycles. The Morgan fingerprint density at radius 2 is 1.67 bits per heavy atom. The van der Waals surface area contributed by atoms with Crippen molar-refractivity contribution in [2.24, 2.45) is 11.7 Å². The third-order valence-corrected chi connectivity index (χ3v) is 5.73. The van der Waals surface area contributed by atoms with Crippen LogP contribution in [0, 0.1) is 5.92 Å². The van der Waals surface area contributed by atoms with Gasteiger partial charge in [-0.05, 0) is 69.2 Å². The van der Waals surface area contributed by atoms with Crippen LogP contribution in [0.15, 0.2) is 24.3 Å². The lowest BCUT2D eigenvalue weighted by molar-refractivity contribution is 0.121. The molecule has 2 aliphatic heterocycles. The van der Waals surface area contributed by atoms with Crippen LogP contribution in [-0.4, -0.2) is 30.1 Å². The van der Waals surface area contributed by atoms with Crippen molar-refractivity contribution in [1.82, 2.24) is 4.90 Å². The number of hydrogen-bond donors (Lipinski definition) is 1. The molecule has 0 aromatic heterocycles. The summed E-state index contributed by atoms with van der Waals surface area (Å²) in [7, 11) is 2.29. The third kappa shape index (κ3) is 2.69. The van der Waals surface area contributed by atoms with Crippen molar-refractivity contribution in [3.8, 4) is 5.75 Å². The number of benzene rings is 1. The number of hydrogen-bond acceptors (Lipinski definition) is 3. The topological polar surface area (TPSA) is 38.5 Å². The molecule has 2 N–H and O–H groups in total. The van der Waals surface area contributed by atoms with Crippen molar-refractivity contribution in [2.45, 2.75) is 62.8 Å². The molecular formula is C18H26N2O. The summed E-state index contributed by atoms with van der Waals surface area (Å²) in [6.45, 7) is 0. The zero-order valence-electron chi connectivity index (χ0n) is 12.9. The Morgan fingerprint density at radius 1 is 1.05 bits per heavy atom. The van der Waals surface area contributed by atoms with E-state index in [4.69, 9.17) is 10.5 Å². The Labute approximate surface area is 127 Å². The highest BCUT2D eigenvalue weighted by Gasteiger charge is 2.40. The molecule has 1 aromatic rings. The van der Waals surface area contributed by atoms with Crippen molar-refractivity contribution >= 4 is 0 Å². The van der Waals surface area contributed by atoms with Gasteiger partial charge < -0.3 is 15.4 Å². The van der Waals surface area contributed by atoms with Crippen LogP contribution in [0.1, 0.15) is 50.1 Å². The standard InChI is InChI=1S/C18H26N2O/c1-20-14-4-5-15(20)11-13(10-14)18(19)12-2-6-16(7-3-12)21-17-8-9-17/h2-3,6-7,13-15,17-18H,4-5,8-11,19H2,1H3. The van der Waals surface area contributed by atoms with Gasteiger partial charge in [0.1, 0.15) is 5.75 Å². The van der Waals surface area contributed by atoms with E-state index in [-0.39, 0.29) is 6.04 Å². The minimum Gasteiger partial charge on any atom is -0.490 e. The van der Waals surface area contributed by atoms with Gasteiger partial charge in [-0.2, -0.15) is 0 Å². The molecule has 3 heteroatoms. The monoisotopic (exact) mass is 286 g/mol. The van der Waals surface area contributed by atoms with Gasteiger partial charge in [-0.3, -0.25) is 0 Å². The number of fused-ring (bicyclic) bond motifs is 2. The SMILES string of the molecule is CN1C2CCC1CC(C(N)c1ccc(OC3CC3)cc1)C2. The molecule has 4 rings (SSSR count). The highest BCUT2D eigenvalue weighted by molar-refractivity contribution is 5.30. The summed E-state index contributed by atoms with van der Waals surface area (Å²) in [5, 5.41) is 0. The van der Waals surface area contributed by atoms with Crippen molar-refractivity contribution < 1.29 is 4.74 Å². The second-order valence-corrected chi connectivity index (χ2v) is 7.19. The van der Waals surface area contributed by atoms with E-state index >= 15 is 0 Å². The highest BCUT2D eigenvalue weighted by Crippen LogP contribution is 2.41. The maximum absolute atomic E-state index is 6.57. The van der Waals surface area contributed by atoms with E-state index < -0.39 is 0 Å². The van der Waals surface area contributed by atoms with E-state index in [2.05, 4.69) is 36.2 Å². The predicted molar refractivity (Wildman–Crippen MR) is 84.3 cm³/mol. The first-order chi connectivity index (χ1) is 10.2. The summed E-state index contributed by atoms with van der Waals surface area (Å²) >= 11 is 0. The van der Waals surface area contributed by atoms with Crippen molar-refractivity contribution in [2.75, 3.05) is 7.05 Å². The Kier molecular flexibility index (Phi) is 3.43. The molecule has 3 unspecified atom stereocenters. The summed E-state index contributed by atoms with van der Waals surface area (Å²) in [5.41, 5.74) is 7.84. The molecule has 2 saturated heterocycles. The van der Waals surface area contributed by atoms with E-state index in [9.17, 15) is 0 Å². The Bertz CT molecular complexity index is 482. The van der Waals surface area contributed by atoms with Crippen molar-refractivity contribution in [1.29, 1.82) is 0 Å². The maximum Gasteiger partial charge on any atom is 0.119 e. The fraction of sp³-hybridized carbons (Fsp3) is 0.667. The fourth-order valence-electron chi connectivity index (χ4n) is 4.17. The number of nitrogens with two attached hydrogens (primary N) is 1. The largest absolute Gasteiger partial charge is 0.490 e. The molecule has 3 nitrogen and oxygen atoms in total. The molecule has 1 aliphatic carbocycles. The summed E-state index contributed by atoms with van der Waals surface area (Å²) in [5.74, 6) is 1.63. The Balaban J connectivity index is 1.43. The molecule has 114 valence electrons. The highest BCUT2D eigenvalue weighted by atomic mass is 16.5. The van der Waals surface area contributed by atoms with Gasteiger partial charge in [0, 0.05) is 18.1 Å². The van der Waals surface area contributed by atoms with E-state index in [1.807, 2.05) is 0 Å². The average molecular weight is 286 g/mol. The van der Waals surface area contributed by atoms with Gasteiger partial charge in [0.05, 0.1) is 6.10 Å². The van der Waals surface area contributed by atoms with Crippen LogP contribution in [0.4, 0.5) is 0 Å².